The molecule has 14 heavy (non-hydrogen) atoms. The van der Waals surface area contributed by atoms with Gasteiger partial charge >= 0.3 is 0 Å². The van der Waals surface area contributed by atoms with Gasteiger partial charge < -0.3 is 10.1 Å². The van der Waals surface area contributed by atoms with E-state index in [0.29, 0.717) is 6.04 Å². The zero-order valence-corrected chi connectivity index (χ0v) is 9.72. The van der Waals surface area contributed by atoms with Crippen LogP contribution in [0.2, 0.25) is 0 Å². The molecule has 1 saturated carbocycles. The standard InChI is InChI=1S/C12H25NO/c1-3-8-13-12(10-14-4-2)9-11-6-5-7-11/h11-13H,3-10H2,1-2H3. The van der Waals surface area contributed by atoms with Gasteiger partial charge in [0.2, 0.25) is 0 Å². The molecule has 0 radical (unpaired) electrons. The lowest BCUT2D eigenvalue weighted by atomic mass is 9.81. The number of rotatable bonds is 8. The van der Waals surface area contributed by atoms with Crippen molar-refractivity contribution in [2.75, 3.05) is 19.8 Å². The lowest BCUT2D eigenvalue weighted by molar-refractivity contribution is 0.106. The minimum atomic E-state index is 0.597. The Morgan fingerprint density at radius 1 is 1.36 bits per heavy atom. The van der Waals surface area contributed by atoms with E-state index in [1.165, 1.54) is 32.1 Å². The van der Waals surface area contributed by atoms with Crippen molar-refractivity contribution in [2.24, 2.45) is 5.92 Å². The highest BCUT2D eigenvalue weighted by molar-refractivity contribution is 4.77. The second-order valence-corrected chi connectivity index (χ2v) is 4.34. The molecule has 1 unspecified atom stereocenters. The van der Waals surface area contributed by atoms with E-state index in [2.05, 4.69) is 19.2 Å². The lowest BCUT2D eigenvalue weighted by Gasteiger charge is -2.30. The minimum absolute atomic E-state index is 0.597. The summed E-state index contributed by atoms with van der Waals surface area (Å²) >= 11 is 0. The monoisotopic (exact) mass is 199 g/mol. The van der Waals surface area contributed by atoms with E-state index in [1.807, 2.05) is 0 Å². The molecular formula is C12H25NO. The number of hydrogen-bond donors (Lipinski definition) is 1. The second-order valence-electron chi connectivity index (χ2n) is 4.34. The summed E-state index contributed by atoms with van der Waals surface area (Å²) in [4.78, 5) is 0. The number of ether oxygens (including phenoxy) is 1. The van der Waals surface area contributed by atoms with Crippen molar-refractivity contribution in [3.8, 4) is 0 Å². The topological polar surface area (TPSA) is 21.3 Å². The Labute approximate surface area is 88.4 Å². The molecule has 1 fully saturated rings. The van der Waals surface area contributed by atoms with Gasteiger partial charge in [0.25, 0.3) is 0 Å². The molecule has 0 amide bonds. The molecule has 2 nitrogen and oxygen atoms in total. The van der Waals surface area contributed by atoms with Crippen LogP contribution in [0, 0.1) is 5.92 Å². The van der Waals surface area contributed by atoms with Gasteiger partial charge in [-0.2, -0.15) is 0 Å². The third-order valence-corrected chi connectivity index (χ3v) is 3.05. The van der Waals surface area contributed by atoms with Crippen LogP contribution in [0.4, 0.5) is 0 Å². The maximum Gasteiger partial charge on any atom is 0.0619 e. The van der Waals surface area contributed by atoms with Gasteiger partial charge in [0, 0.05) is 12.6 Å². The van der Waals surface area contributed by atoms with Crippen LogP contribution in [0.5, 0.6) is 0 Å². The molecule has 1 atom stereocenters. The molecule has 1 aliphatic rings. The van der Waals surface area contributed by atoms with Gasteiger partial charge in [0.1, 0.15) is 0 Å². The smallest absolute Gasteiger partial charge is 0.0619 e. The molecule has 0 bridgehead atoms. The van der Waals surface area contributed by atoms with Gasteiger partial charge in [-0.15, -0.1) is 0 Å². The van der Waals surface area contributed by atoms with Gasteiger partial charge in [-0.3, -0.25) is 0 Å². The average molecular weight is 199 g/mol. The predicted molar refractivity (Wildman–Crippen MR) is 60.5 cm³/mol. The molecule has 84 valence electrons. The molecule has 1 aliphatic carbocycles. The van der Waals surface area contributed by atoms with Crippen molar-refractivity contribution in [2.45, 2.75) is 52.0 Å². The normalized spacial score (nSPS) is 19.3. The second kappa shape index (κ2) is 7.24. The fourth-order valence-electron chi connectivity index (χ4n) is 1.95. The van der Waals surface area contributed by atoms with E-state index < -0.39 is 0 Å². The molecular weight excluding hydrogens is 174 g/mol. The summed E-state index contributed by atoms with van der Waals surface area (Å²) in [5.41, 5.74) is 0. The Balaban J connectivity index is 2.12. The molecule has 0 saturated heterocycles. The van der Waals surface area contributed by atoms with E-state index in [-0.39, 0.29) is 0 Å². The van der Waals surface area contributed by atoms with Crippen molar-refractivity contribution in [3.63, 3.8) is 0 Å². The summed E-state index contributed by atoms with van der Waals surface area (Å²) in [6.45, 7) is 7.15. The highest BCUT2D eigenvalue weighted by atomic mass is 16.5. The molecule has 0 aromatic heterocycles. The van der Waals surface area contributed by atoms with Crippen molar-refractivity contribution in [3.05, 3.63) is 0 Å². The molecule has 0 heterocycles. The van der Waals surface area contributed by atoms with E-state index in [9.17, 15) is 0 Å². The predicted octanol–water partition coefficient (Wildman–Crippen LogP) is 2.58. The Hall–Kier alpha value is -0.0800. The van der Waals surface area contributed by atoms with Gasteiger partial charge in [0.05, 0.1) is 6.61 Å². The molecule has 1 N–H and O–H groups in total. The van der Waals surface area contributed by atoms with Gasteiger partial charge in [0.15, 0.2) is 0 Å². The summed E-state index contributed by atoms with van der Waals surface area (Å²) in [6, 6.07) is 0.597. The Morgan fingerprint density at radius 3 is 2.64 bits per heavy atom. The van der Waals surface area contributed by atoms with Crippen LogP contribution in [-0.2, 0) is 4.74 Å². The fraction of sp³-hybridized carbons (Fsp3) is 1.00. The first kappa shape index (κ1) is 12.0. The summed E-state index contributed by atoms with van der Waals surface area (Å²) in [7, 11) is 0. The fourth-order valence-corrected chi connectivity index (χ4v) is 1.95. The third-order valence-electron chi connectivity index (χ3n) is 3.05. The molecule has 2 heteroatoms. The van der Waals surface area contributed by atoms with Crippen LogP contribution in [0.15, 0.2) is 0 Å². The number of nitrogens with one attached hydrogen (secondary N) is 1. The first-order valence-corrected chi connectivity index (χ1v) is 6.18. The largest absolute Gasteiger partial charge is 0.380 e. The number of hydrogen-bond acceptors (Lipinski definition) is 2. The summed E-state index contributed by atoms with van der Waals surface area (Å²) < 4.78 is 5.50. The molecule has 1 rings (SSSR count). The van der Waals surface area contributed by atoms with Crippen molar-refractivity contribution in [1.29, 1.82) is 0 Å². The van der Waals surface area contributed by atoms with E-state index in [1.54, 1.807) is 0 Å². The lowest BCUT2D eigenvalue weighted by Crippen LogP contribution is -2.37. The third kappa shape index (κ3) is 4.43. The van der Waals surface area contributed by atoms with Crippen LogP contribution >= 0.6 is 0 Å². The maximum atomic E-state index is 5.50. The molecule has 0 aliphatic heterocycles. The first-order chi connectivity index (χ1) is 6.86. The molecule has 0 aromatic rings. The summed E-state index contributed by atoms with van der Waals surface area (Å²) in [5, 5.41) is 3.58. The van der Waals surface area contributed by atoms with Crippen molar-refractivity contribution >= 4 is 0 Å². The van der Waals surface area contributed by atoms with Crippen LogP contribution in [-0.4, -0.2) is 25.8 Å². The van der Waals surface area contributed by atoms with Crippen molar-refractivity contribution < 1.29 is 4.74 Å². The van der Waals surface area contributed by atoms with E-state index in [0.717, 1.165) is 25.7 Å². The summed E-state index contributed by atoms with van der Waals surface area (Å²) in [5.74, 6) is 0.977. The van der Waals surface area contributed by atoms with Crippen LogP contribution in [0.25, 0.3) is 0 Å². The van der Waals surface area contributed by atoms with Gasteiger partial charge in [-0.05, 0) is 32.2 Å². The quantitative estimate of drug-likeness (QED) is 0.649. The van der Waals surface area contributed by atoms with E-state index >= 15 is 0 Å². The Kier molecular flexibility index (Phi) is 6.20. The molecule has 0 spiro atoms. The maximum absolute atomic E-state index is 5.50. The van der Waals surface area contributed by atoms with Gasteiger partial charge in [-0.1, -0.05) is 26.2 Å². The first-order valence-electron chi connectivity index (χ1n) is 6.18. The minimum Gasteiger partial charge on any atom is -0.380 e. The summed E-state index contributed by atoms with van der Waals surface area (Å²) in [6.07, 6.45) is 6.86. The zero-order valence-electron chi connectivity index (χ0n) is 9.72. The highest BCUT2D eigenvalue weighted by Crippen LogP contribution is 2.30. The molecule has 0 aromatic carbocycles. The van der Waals surface area contributed by atoms with Gasteiger partial charge in [-0.25, -0.2) is 0 Å². The SMILES string of the molecule is CCCNC(COCC)CC1CCC1. The van der Waals surface area contributed by atoms with Crippen LogP contribution < -0.4 is 5.32 Å². The van der Waals surface area contributed by atoms with Crippen LogP contribution in [0.1, 0.15) is 46.0 Å². The van der Waals surface area contributed by atoms with E-state index in [4.69, 9.17) is 4.74 Å². The van der Waals surface area contributed by atoms with Crippen molar-refractivity contribution in [1.82, 2.24) is 5.32 Å². The average Bonchev–Trinajstić information content (AvgIpc) is 2.14. The zero-order chi connectivity index (χ0) is 10.2. The Morgan fingerprint density at radius 2 is 2.14 bits per heavy atom. The van der Waals surface area contributed by atoms with Crippen LogP contribution in [0.3, 0.4) is 0 Å². The Bertz CT molecular complexity index is 126. The highest BCUT2D eigenvalue weighted by Gasteiger charge is 2.21.